The summed E-state index contributed by atoms with van der Waals surface area (Å²) >= 11 is 0. The van der Waals surface area contributed by atoms with Crippen LogP contribution in [0.3, 0.4) is 0 Å². The summed E-state index contributed by atoms with van der Waals surface area (Å²) in [7, 11) is -3.49. The van der Waals surface area contributed by atoms with Gasteiger partial charge >= 0.3 is 5.97 Å². The third kappa shape index (κ3) is 2.96. The molecule has 2 rings (SSSR count). The van der Waals surface area contributed by atoms with Crippen LogP contribution < -0.4 is 0 Å². The molecule has 1 aliphatic heterocycles. The molecule has 0 atom stereocenters. The van der Waals surface area contributed by atoms with Gasteiger partial charge in [-0.2, -0.15) is 4.31 Å². The molecule has 0 amide bonds. The maximum atomic E-state index is 12.4. The average Bonchev–Trinajstić information content (AvgIpc) is 2.39. The van der Waals surface area contributed by atoms with Crippen LogP contribution in [0.2, 0.25) is 0 Å². The van der Waals surface area contributed by atoms with E-state index in [0.717, 1.165) is 12.8 Å². The van der Waals surface area contributed by atoms with E-state index in [9.17, 15) is 13.2 Å². The molecule has 104 valence electrons. The van der Waals surface area contributed by atoms with Gasteiger partial charge in [-0.25, -0.2) is 13.2 Å². The van der Waals surface area contributed by atoms with E-state index in [4.69, 9.17) is 5.11 Å². The molecule has 1 heterocycles. The Morgan fingerprint density at radius 1 is 1.21 bits per heavy atom. The average molecular weight is 283 g/mol. The number of hydrogen-bond donors (Lipinski definition) is 1. The number of rotatable bonds is 3. The molecule has 1 aromatic rings. The molecule has 0 unspecified atom stereocenters. The number of sulfonamides is 1. The first-order valence-electron chi connectivity index (χ1n) is 6.25. The Labute approximate surface area is 112 Å². The molecule has 0 saturated carbocycles. The van der Waals surface area contributed by atoms with Crippen molar-refractivity contribution >= 4 is 16.0 Å². The number of hydrogen-bond acceptors (Lipinski definition) is 3. The number of piperidine rings is 1. The zero-order valence-corrected chi connectivity index (χ0v) is 11.6. The van der Waals surface area contributed by atoms with E-state index in [1.54, 1.807) is 0 Å². The monoisotopic (exact) mass is 283 g/mol. The highest BCUT2D eigenvalue weighted by Crippen LogP contribution is 2.23. The van der Waals surface area contributed by atoms with Gasteiger partial charge < -0.3 is 5.11 Å². The van der Waals surface area contributed by atoms with Gasteiger partial charge in [-0.15, -0.1) is 0 Å². The van der Waals surface area contributed by atoms with Gasteiger partial charge in [0.25, 0.3) is 0 Å². The van der Waals surface area contributed by atoms with Crippen molar-refractivity contribution in [2.45, 2.75) is 24.7 Å². The Morgan fingerprint density at radius 2 is 1.74 bits per heavy atom. The fourth-order valence-electron chi connectivity index (χ4n) is 2.14. The minimum absolute atomic E-state index is 0.0891. The van der Waals surface area contributed by atoms with Crippen LogP contribution in [0.1, 0.15) is 30.1 Å². The fraction of sp³-hybridized carbons (Fsp3) is 0.462. The fourth-order valence-corrected chi connectivity index (χ4v) is 3.61. The molecule has 0 aliphatic carbocycles. The standard InChI is InChI=1S/C13H17NO4S/c1-10-6-8-14(9-7-10)19(17,18)12-4-2-11(3-5-12)13(15)16/h2-5,10H,6-9H2,1H3,(H,15,16). The van der Waals surface area contributed by atoms with Gasteiger partial charge in [-0.1, -0.05) is 6.92 Å². The first-order valence-corrected chi connectivity index (χ1v) is 7.69. The lowest BCUT2D eigenvalue weighted by Crippen LogP contribution is -2.37. The SMILES string of the molecule is CC1CCN(S(=O)(=O)c2ccc(C(=O)O)cc2)CC1. The highest BCUT2D eigenvalue weighted by molar-refractivity contribution is 7.89. The second-order valence-electron chi connectivity index (χ2n) is 4.92. The van der Waals surface area contributed by atoms with Gasteiger partial charge in [0.1, 0.15) is 0 Å². The first-order chi connectivity index (χ1) is 8.91. The predicted molar refractivity (Wildman–Crippen MR) is 70.6 cm³/mol. The van der Waals surface area contributed by atoms with Crippen molar-refractivity contribution < 1.29 is 18.3 Å². The zero-order valence-electron chi connectivity index (χ0n) is 10.7. The summed E-state index contributed by atoms with van der Waals surface area (Å²) in [6.07, 6.45) is 1.73. The number of carbonyl (C=O) groups is 1. The van der Waals surface area contributed by atoms with Gasteiger partial charge in [0.2, 0.25) is 10.0 Å². The lowest BCUT2D eigenvalue weighted by atomic mass is 10.0. The molecule has 19 heavy (non-hydrogen) atoms. The van der Waals surface area contributed by atoms with E-state index in [-0.39, 0.29) is 10.5 Å². The second kappa shape index (κ2) is 5.30. The number of nitrogens with zero attached hydrogens (tertiary/aromatic N) is 1. The molecule has 1 aromatic carbocycles. The van der Waals surface area contributed by atoms with Gasteiger partial charge in [0.05, 0.1) is 10.5 Å². The van der Waals surface area contributed by atoms with Crippen molar-refractivity contribution in [3.05, 3.63) is 29.8 Å². The van der Waals surface area contributed by atoms with Crippen molar-refractivity contribution in [1.29, 1.82) is 0 Å². The van der Waals surface area contributed by atoms with E-state index in [1.165, 1.54) is 28.6 Å². The highest BCUT2D eigenvalue weighted by Gasteiger charge is 2.27. The molecule has 1 aliphatic rings. The number of benzene rings is 1. The van der Waals surface area contributed by atoms with Crippen molar-refractivity contribution in [3.8, 4) is 0 Å². The van der Waals surface area contributed by atoms with E-state index in [1.807, 2.05) is 0 Å². The summed E-state index contributed by atoms with van der Waals surface area (Å²) in [5.41, 5.74) is 0.0891. The first kappa shape index (κ1) is 14.0. The van der Waals surface area contributed by atoms with Crippen LogP contribution >= 0.6 is 0 Å². The largest absolute Gasteiger partial charge is 0.478 e. The molecule has 5 nitrogen and oxygen atoms in total. The molecule has 0 bridgehead atoms. The van der Waals surface area contributed by atoms with Crippen LogP contribution in [0.15, 0.2) is 29.2 Å². The van der Waals surface area contributed by atoms with Gasteiger partial charge in [0, 0.05) is 13.1 Å². The zero-order chi connectivity index (χ0) is 14.0. The third-order valence-corrected chi connectivity index (χ3v) is 5.39. The molecule has 0 radical (unpaired) electrons. The van der Waals surface area contributed by atoms with Crippen molar-refractivity contribution in [2.75, 3.05) is 13.1 Å². The molecule has 0 spiro atoms. The van der Waals surface area contributed by atoms with E-state index >= 15 is 0 Å². The number of carboxylic acid groups (broad SMARTS) is 1. The summed E-state index contributed by atoms with van der Waals surface area (Å²) < 4.78 is 26.2. The number of carboxylic acids is 1. The summed E-state index contributed by atoms with van der Waals surface area (Å²) in [4.78, 5) is 10.9. The molecular weight excluding hydrogens is 266 g/mol. The predicted octanol–water partition coefficient (Wildman–Crippen LogP) is 1.81. The van der Waals surface area contributed by atoms with Crippen molar-refractivity contribution in [2.24, 2.45) is 5.92 Å². The molecule has 6 heteroatoms. The molecule has 1 saturated heterocycles. The van der Waals surface area contributed by atoms with Crippen LogP contribution in [-0.2, 0) is 10.0 Å². The summed E-state index contributed by atoms with van der Waals surface area (Å²) in [5, 5.41) is 8.80. The molecule has 1 N–H and O–H groups in total. The molecule has 0 aromatic heterocycles. The maximum Gasteiger partial charge on any atom is 0.335 e. The lowest BCUT2D eigenvalue weighted by Gasteiger charge is -2.29. The Hall–Kier alpha value is -1.40. The Morgan fingerprint density at radius 3 is 2.21 bits per heavy atom. The van der Waals surface area contributed by atoms with Crippen molar-refractivity contribution in [1.82, 2.24) is 4.31 Å². The Kier molecular flexibility index (Phi) is 3.91. The van der Waals surface area contributed by atoms with E-state index in [0.29, 0.717) is 19.0 Å². The van der Waals surface area contributed by atoms with Gasteiger partial charge in [-0.3, -0.25) is 0 Å². The van der Waals surface area contributed by atoms with Crippen molar-refractivity contribution in [3.63, 3.8) is 0 Å². The lowest BCUT2D eigenvalue weighted by molar-refractivity contribution is 0.0696. The van der Waals surface area contributed by atoms with Crippen LogP contribution in [0, 0.1) is 5.92 Å². The van der Waals surface area contributed by atoms with E-state index < -0.39 is 16.0 Å². The number of aromatic carboxylic acids is 1. The van der Waals surface area contributed by atoms with Crippen LogP contribution in [0.4, 0.5) is 0 Å². The second-order valence-corrected chi connectivity index (χ2v) is 6.85. The van der Waals surface area contributed by atoms with Crippen LogP contribution in [0.25, 0.3) is 0 Å². The Balaban J connectivity index is 2.22. The highest BCUT2D eigenvalue weighted by atomic mass is 32.2. The summed E-state index contributed by atoms with van der Waals surface area (Å²) in [5.74, 6) is -0.503. The topological polar surface area (TPSA) is 74.7 Å². The summed E-state index contributed by atoms with van der Waals surface area (Å²) in [6, 6.07) is 5.36. The smallest absolute Gasteiger partial charge is 0.335 e. The molecular formula is C13H17NO4S. The normalized spacial score (nSPS) is 18.4. The quantitative estimate of drug-likeness (QED) is 0.918. The minimum atomic E-state index is -3.49. The van der Waals surface area contributed by atoms with Crippen LogP contribution in [-0.4, -0.2) is 36.9 Å². The van der Waals surface area contributed by atoms with E-state index in [2.05, 4.69) is 6.92 Å². The summed E-state index contributed by atoms with van der Waals surface area (Å²) in [6.45, 7) is 3.18. The third-order valence-electron chi connectivity index (χ3n) is 3.48. The molecule has 1 fully saturated rings. The minimum Gasteiger partial charge on any atom is -0.478 e. The van der Waals surface area contributed by atoms with Crippen LogP contribution in [0.5, 0.6) is 0 Å². The maximum absolute atomic E-state index is 12.4. The van der Waals surface area contributed by atoms with Gasteiger partial charge in [-0.05, 0) is 43.0 Å². The van der Waals surface area contributed by atoms with Gasteiger partial charge in [0.15, 0.2) is 0 Å². The Bertz CT molecular complexity index is 557.